The van der Waals surface area contributed by atoms with E-state index in [1.54, 1.807) is 48.5 Å². The first-order valence-electron chi connectivity index (χ1n) is 8.98. The second-order valence-corrected chi connectivity index (χ2v) is 5.77. The number of aliphatic imine (C=N–C) groups is 2. The van der Waals surface area contributed by atoms with Crippen LogP contribution >= 0.6 is 0 Å². The summed E-state index contributed by atoms with van der Waals surface area (Å²) in [4.78, 5) is 20.1. The molecule has 0 atom stereocenters. The molecule has 0 saturated heterocycles. The molecule has 8 nitrogen and oxygen atoms in total. The Bertz CT molecular complexity index is 1080. The highest BCUT2D eigenvalue weighted by Gasteiger charge is 2.18. The van der Waals surface area contributed by atoms with Gasteiger partial charge in [0.25, 0.3) is 0 Å². The molecule has 0 aliphatic heterocycles. The highest BCUT2D eigenvalue weighted by atomic mass is 16.5. The molecule has 2 aromatic carbocycles. The fraction of sp³-hybridized carbons (Fsp3) is 0.130. The van der Waals surface area contributed by atoms with Crippen molar-refractivity contribution in [2.24, 2.45) is 9.98 Å². The molecule has 0 aromatic heterocycles. The molecule has 0 aliphatic rings. The van der Waals surface area contributed by atoms with Gasteiger partial charge in [0.1, 0.15) is 23.1 Å². The Kier molecular flexibility index (Phi) is 8.56. The molecular weight excluding hydrogens is 398 g/mol. The summed E-state index contributed by atoms with van der Waals surface area (Å²) in [7, 11) is 4.21. The molecule has 0 N–H and O–H groups in total. The van der Waals surface area contributed by atoms with Gasteiger partial charge in [0.2, 0.25) is 11.8 Å². The lowest BCUT2D eigenvalue weighted by molar-refractivity contribution is -0.133. The Morgan fingerprint density at radius 2 is 1.74 bits per heavy atom. The van der Waals surface area contributed by atoms with Crippen LogP contribution in [-0.4, -0.2) is 39.9 Å². The first-order chi connectivity index (χ1) is 15.1. The van der Waals surface area contributed by atoms with Crippen molar-refractivity contribution >= 4 is 24.2 Å². The number of hydrogen-bond acceptors (Lipinski definition) is 8. The molecule has 0 amide bonds. The lowest BCUT2D eigenvalue weighted by atomic mass is 10.1. The Morgan fingerprint density at radius 1 is 1.06 bits per heavy atom. The van der Waals surface area contributed by atoms with Crippen molar-refractivity contribution in [2.75, 3.05) is 21.3 Å². The lowest BCUT2D eigenvalue weighted by Gasteiger charge is -2.13. The number of benzene rings is 2. The molecule has 0 fully saturated rings. The molecule has 8 heteroatoms. The van der Waals surface area contributed by atoms with Gasteiger partial charge in [-0.25, -0.2) is 9.79 Å². The van der Waals surface area contributed by atoms with Gasteiger partial charge < -0.3 is 18.9 Å². The van der Waals surface area contributed by atoms with E-state index >= 15 is 0 Å². The van der Waals surface area contributed by atoms with Gasteiger partial charge in [0.05, 0.1) is 32.1 Å². The third-order valence-electron chi connectivity index (χ3n) is 3.88. The summed E-state index contributed by atoms with van der Waals surface area (Å²) in [5.74, 6) is 0.255. The summed E-state index contributed by atoms with van der Waals surface area (Å²) in [5, 5.41) is 9.22. The van der Waals surface area contributed by atoms with E-state index in [-0.39, 0.29) is 17.4 Å². The monoisotopic (exact) mass is 419 g/mol. The van der Waals surface area contributed by atoms with Crippen LogP contribution in [0.4, 0.5) is 0 Å². The summed E-state index contributed by atoms with van der Waals surface area (Å²) in [6.07, 6.45) is 2.68. The molecule has 0 unspecified atom stereocenters. The number of nitrogens with zero attached hydrogens (tertiary/aromatic N) is 3. The van der Waals surface area contributed by atoms with Crippen molar-refractivity contribution in [3.8, 4) is 17.6 Å². The van der Waals surface area contributed by atoms with E-state index < -0.39 is 5.97 Å². The average molecular weight is 419 g/mol. The smallest absolute Gasteiger partial charge is 0.341 e. The van der Waals surface area contributed by atoms with E-state index in [0.29, 0.717) is 22.6 Å². The molecule has 2 aromatic rings. The zero-order valence-corrected chi connectivity index (χ0v) is 17.4. The highest BCUT2D eigenvalue weighted by molar-refractivity contribution is 6.17. The molecule has 0 saturated carbocycles. The van der Waals surface area contributed by atoms with Crippen LogP contribution in [0.15, 0.2) is 76.7 Å². The Labute approximate surface area is 180 Å². The third kappa shape index (κ3) is 6.05. The van der Waals surface area contributed by atoms with Crippen LogP contribution in [0.3, 0.4) is 0 Å². The van der Waals surface area contributed by atoms with Crippen LogP contribution in [0, 0.1) is 11.3 Å². The van der Waals surface area contributed by atoms with Gasteiger partial charge in [-0.1, -0.05) is 30.3 Å². The van der Waals surface area contributed by atoms with E-state index in [2.05, 4.69) is 16.7 Å². The molecule has 0 spiro atoms. The van der Waals surface area contributed by atoms with Gasteiger partial charge in [-0.3, -0.25) is 4.99 Å². The third-order valence-corrected chi connectivity index (χ3v) is 3.88. The number of methoxy groups -OCH3 is 2. The molecule has 0 bridgehead atoms. The molecule has 31 heavy (non-hydrogen) atoms. The zero-order chi connectivity index (χ0) is 22.6. The van der Waals surface area contributed by atoms with Gasteiger partial charge in [0, 0.05) is 12.6 Å². The molecular formula is C23H21N3O5. The van der Waals surface area contributed by atoms with Crippen LogP contribution in [0.25, 0.3) is 5.57 Å². The second kappa shape index (κ2) is 11.6. The Hall–Kier alpha value is -4.38. The highest BCUT2D eigenvalue weighted by Crippen LogP contribution is 2.28. The Morgan fingerprint density at radius 3 is 2.35 bits per heavy atom. The minimum absolute atomic E-state index is 0.0707. The van der Waals surface area contributed by atoms with Crippen molar-refractivity contribution < 1.29 is 23.7 Å². The number of carbonyl (C=O) groups is 1. The molecule has 0 aliphatic carbocycles. The van der Waals surface area contributed by atoms with Gasteiger partial charge in [-0.05, 0) is 24.9 Å². The number of para-hydroxylation sites is 2. The first-order valence-corrected chi connectivity index (χ1v) is 8.98. The minimum atomic E-state index is -0.590. The average Bonchev–Trinajstić information content (AvgIpc) is 2.81. The predicted octanol–water partition coefficient (Wildman–Crippen LogP) is 3.75. The normalized spacial score (nSPS) is 11.9. The van der Waals surface area contributed by atoms with Crippen molar-refractivity contribution in [1.29, 1.82) is 5.26 Å². The number of rotatable bonds is 8. The minimum Gasteiger partial charge on any atom is -0.503 e. The summed E-state index contributed by atoms with van der Waals surface area (Å²) in [6, 6.07) is 15.6. The maximum Gasteiger partial charge on any atom is 0.341 e. The van der Waals surface area contributed by atoms with Crippen molar-refractivity contribution in [1.82, 2.24) is 0 Å². The summed E-state index contributed by atoms with van der Waals surface area (Å²) >= 11 is 0. The van der Waals surface area contributed by atoms with Crippen molar-refractivity contribution in [3.63, 3.8) is 0 Å². The summed E-state index contributed by atoms with van der Waals surface area (Å²) in [6.45, 7) is 3.49. The van der Waals surface area contributed by atoms with Crippen LogP contribution in [0.2, 0.25) is 0 Å². The molecule has 158 valence electrons. The van der Waals surface area contributed by atoms with Crippen LogP contribution in [0.1, 0.15) is 11.1 Å². The van der Waals surface area contributed by atoms with E-state index in [1.807, 2.05) is 6.07 Å². The predicted molar refractivity (Wildman–Crippen MR) is 117 cm³/mol. The topological polar surface area (TPSA) is 102 Å². The second-order valence-electron chi connectivity index (χ2n) is 5.77. The van der Waals surface area contributed by atoms with Crippen LogP contribution < -0.4 is 9.47 Å². The number of esters is 1. The summed E-state index contributed by atoms with van der Waals surface area (Å²) < 4.78 is 21.4. The number of nitriles is 1. The van der Waals surface area contributed by atoms with E-state index in [0.717, 1.165) is 0 Å². The van der Waals surface area contributed by atoms with Crippen LogP contribution in [-0.2, 0) is 14.3 Å². The van der Waals surface area contributed by atoms with Crippen molar-refractivity contribution in [3.05, 3.63) is 77.9 Å². The fourth-order valence-corrected chi connectivity index (χ4v) is 2.45. The van der Waals surface area contributed by atoms with E-state index in [4.69, 9.17) is 18.9 Å². The number of carbonyl (C=O) groups excluding carboxylic acids is 1. The first kappa shape index (κ1) is 22.9. The zero-order valence-electron chi connectivity index (χ0n) is 17.4. The lowest BCUT2D eigenvalue weighted by Crippen LogP contribution is -2.11. The number of ether oxygens (including phenoxy) is 4. The van der Waals surface area contributed by atoms with E-state index in [9.17, 15) is 10.1 Å². The van der Waals surface area contributed by atoms with Crippen LogP contribution in [0.5, 0.6) is 11.5 Å². The molecule has 2 rings (SSSR count). The standard InChI is InChI=1S/C23H21N3O5/c1-25-21(30-19-11-7-5-9-16(19)14-24)13-22(26-2)31-20-12-8-6-10-17(20)18(15-28-3)23(27)29-4/h5-13,15H,1H2,2-4H3/b18-15-,21-13+,26-22?. The summed E-state index contributed by atoms with van der Waals surface area (Å²) in [5.41, 5.74) is 0.946. The fourth-order valence-electron chi connectivity index (χ4n) is 2.45. The number of hydrogen-bond donors (Lipinski definition) is 0. The Balaban J connectivity index is 2.37. The van der Waals surface area contributed by atoms with Gasteiger partial charge in [-0.2, -0.15) is 5.26 Å². The van der Waals surface area contributed by atoms with Gasteiger partial charge >= 0.3 is 5.97 Å². The molecule has 0 heterocycles. The van der Waals surface area contributed by atoms with Gasteiger partial charge in [0.15, 0.2) is 0 Å². The largest absolute Gasteiger partial charge is 0.503 e. The SMILES string of the molecule is C=N/C(=C\C(=NC)Oc1ccccc1/C(=C/OC)C(=O)OC)Oc1ccccc1C#N. The van der Waals surface area contributed by atoms with E-state index in [1.165, 1.54) is 33.6 Å². The molecule has 0 radical (unpaired) electrons. The maximum atomic E-state index is 12.2. The van der Waals surface area contributed by atoms with Gasteiger partial charge in [-0.15, -0.1) is 0 Å². The quantitative estimate of drug-likeness (QED) is 0.212. The maximum absolute atomic E-state index is 12.2. The van der Waals surface area contributed by atoms with Crippen molar-refractivity contribution in [2.45, 2.75) is 0 Å².